The standard InChI is InChI=1S/C45H77O14P/c1-3-5-7-9-11-13-15-17-19-21-23-25-27-30-36(46)31-29-33-38(47)56-34-37(35-57-60(54,55)59-45-43(52)41(50)40(49)42(51)44(45)53)58-39(48)32-28-26-24-22-20-18-16-14-12-10-8-6-4-2/h8,10,14,16-17,19,23,25,27,30,36-37,40-46,49-53H,3-7,9,11-13,15,18,20-22,24,26,28-29,31-35H2,1-2H3,(H,54,55)/b10-8-,16-14-,19-17+,25-23+,30-27+/t36?,37-,40?,41-,42+,43-,44-,45?/m1/s1. The van der Waals surface area contributed by atoms with Gasteiger partial charge in [-0.3, -0.25) is 18.6 Å². The molecule has 1 aliphatic rings. The molecule has 0 radical (unpaired) electrons. The Hall–Kier alpha value is -2.49. The average molecular weight is 873 g/mol. The number of phosphoric ester groups is 1. The molecule has 1 fully saturated rings. The zero-order valence-electron chi connectivity index (χ0n) is 36.1. The van der Waals surface area contributed by atoms with Crippen LogP contribution in [-0.4, -0.2) is 110 Å². The molecule has 0 aromatic rings. The molecule has 1 saturated carbocycles. The highest BCUT2D eigenvalue weighted by Gasteiger charge is 2.51. The van der Waals surface area contributed by atoms with Crippen LogP contribution in [0.2, 0.25) is 0 Å². The third kappa shape index (κ3) is 27.5. The summed E-state index contributed by atoms with van der Waals surface area (Å²) in [7, 11) is -5.17. The predicted octanol–water partition coefficient (Wildman–Crippen LogP) is 7.14. The van der Waals surface area contributed by atoms with E-state index in [0.717, 1.165) is 64.2 Å². The zero-order valence-corrected chi connectivity index (χ0v) is 37.0. The maximum Gasteiger partial charge on any atom is 0.472 e. The Labute approximate surface area is 358 Å². The molecule has 1 rings (SSSR count). The van der Waals surface area contributed by atoms with Crippen LogP contribution in [0.1, 0.15) is 149 Å². The molecular formula is C45H77O14P. The van der Waals surface area contributed by atoms with Gasteiger partial charge in [-0.05, 0) is 64.2 Å². The van der Waals surface area contributed by atoms with Gasteiger partial charge in [0.25, 0.3) is 0 Å². The van der Waals surface area contributed by atoms with Crippen LogP contribution in [0.15, 0.2) is 60.8 Å². The summed E-state index contributed by atoms with van der Waals surface area (Å²) >= 11 is 0. The number of esters is 2. The molecule has 7 N–H and O–H groups in total. The van der Waals surface area contributed by atoms with E-state index in [1.807, 2.05) is 12.2 Å². The molecule has 0 bridgehead atoms. The first-order chi connectivity index (χ1) is 28.8. The van der Waals surface area contributed by atoms with Crippen molar-refractivity contribution in [3.05, 3.63) is 60.8 Å². The lowest BCUT2D eigenvalue weighted by atomic mass is 9.85. The fourth-order valence-corrected chi connectivity index (χ4v) is 7.25. The second-order valence-electron chi connectivity index (χ2n) is 15.4. The quantitative estimate of drug-likeness (QED) is 0.0110. The summed E-state index contributed by atoms with van der Waals surface area (Å²) in [5.41, 5.74) is 0. The first-order valence-corrected chi connectivity index (χ1v) is 23.7. The van der Waals surface area contributed by atoms with Crippen molar-refractivity contribution in [2.75, 3.05) is 13.2 Å². The van der Waals surface area contributed by atoms with E-state index in [2.05, 4.69) is 50.3 Å². The highest BCUT2D eigenvalue weighted by Crippen LogP contribution is 2.47. The molecule has 9 atom stereocenters. The van der Waals surface area contributed by atoms with Crippen LogP contribution in [-0.2, 0) is 32.7 Å². The molecule has 14 nitrogen and oxygen atoms in total. The van der Waals surface area contributed by atoms with Gasteiger partial charge in [-0.25, -0.2) is 4.57 Å². The molecule has 0 saturated heterocycles. The fourth-order valence-electron chi connectivity index (χ4n) is 6.27. The molecule has 346 valence electrons. The third-order valence-corrected chi connectivity index (χ3v) is 10.9. The number of allylic oxidation sites excluding steroid dienone is 9. The number of unbranched alkanes of at least 4 members (excludes halogenated alkanes) is 12. The van der Waals surface area contributed by atoms with Gasteiger partial charge in [-0.15, -0.1) is 0 Å². The zero-order chi connectivity index (χ0) is 44.4. The summed E-state index contributed by atoms with van der Waals surface area (Å²) in [4.78, 5) is 35.6. The van der Waals surface area contributed by atoms with Crippen molar-refractivity contribution in [3.8, 4) is 0 Å². The maximum absolute atomic E-state index is 12.8. The third-order valence-electron chi connectivity index (χ3n) is 9.92. The summed E-state index contributed by atoms with van der Waals surface area (Å²) in [5, 5.41) is 60.4. The topological polar surface area (TPSA) is 230 Å². The van der Waals surface area contributed by atoms with Gasteiger partial charge in [0, 0.05) is 12.8 Å². The normalized spacial score (nSPS) is 23.3. The molecule has 0 aromatic carbocycles. The van der Waals surface area contributed by atoms with E-state index in [9.17, 15) is 49.7 Å². The second-order valence-corrected chi connectivity index (χ2v) is 16.8. The average Bonchev–Trinajstić information content (AvgIpc) is 3.22. The van der Waals surface area contributed by atoms with Crippen LogP contribution in [0.3, 0.4) is 0 Å². The van der Waals surface area contributed by atoms with E-state index < -0.39 is 81.8 Å². The van der Waals surface area contributed by atoms with Gasteiger partial charge in [-0.2, -0.15) is 0 Å². The fraction of sp³-hybridized carbons (Fsp3) is 0.733. The minimum absolute atomic E-state index is 0.0385. The summed E-state index contributed by atoms with van der Waals surface area (Å²) in [6.45, 7) is 3.03. The van der Waals surface area contributed by atoms with E-state index in [-0.39, 0.29) is 19.3 Å². The van der Waals surface area contributed by atoms with Crippen LogP contribution in [0.4, 0.5) is 0 Å². The maximum atomic E-state index is 12.8. The Balaban J connectivity index is 2.58. The Kier molecular flexibility index (Phi) is 32.4. The number of rotatable bonds is 35. The Morgan fingerprint density at radius 1 is 0.600 bits per heavy atom. The van der Waals surface area contributed by atoms with Crippen molar-refractivity contribution >= 4 is 19.8 Å². The van der Waals surface area contributed by atoms with Crippen molar-refractivity contribution in [3.63, 3.8) is 0 Å². The van der Waals surface area contributed by atoms with Gasteiger partial charge in [-0.1, -0.05) is 132 Å². The molecule has 0 aromatic heterocycles. The monoisotopic (exact) mass is 873 g/mol. The molecule has 0 aliphatic heterocycles. The van der Waals surface area contributed by atoms with Gasteiger partial charge in [0.05, 0.1) is 12.7 Å². The van der Waals surface area contributed by atoms with E-state index in [4.69, 9.17) is 18.5 Å². The molecule has 4 unspecified atom stereocenters. The number of carbonyl (C=O) groups is 2. The lowest BCUT2D eigenvalue weighted by Crippen LogP contribution is -2.64. The van der Waals surface area contributed by atoms with Gasteiger partial charge < -0.3 is 45.0 Å². The number of ether oxygens (including phenoxy) is 2. The summed E-state index contributed by atoms with van der Waals surface area (Å²) in [6.07, 6.45) is 24.5. The van der Waals surface area contributed by atoms with Crippen molar-refractivity contribution in [1.29, 1.82) is 0 Å². The lowest BCUT2D eigenvalue weighted by Gasteiger charge is -2.41. The van der Waals surface area contributed by atoms with E-state index in [1.165, 1.54) is 38.5 Å². The number of hydrogen-bond acceptors (Lipinski definition) is 13. The molecule has 1 aliphatic carbocycles. The lowest BCUT2D eigenvalue weighted by molar-refractivity contribution is -0.220. The van der Waals surface area contributed by atoms with Gasteiger partial charge >= 0.3 is 19.8 Å². The Morgan fingerprint density at radius 2 is 1.13 bits per heavy atom. The second kappa shape index (κ2) is 35.0. The number of carbonyl (C=O) groups excluding carboxylic acids is 2. The highest BCUT2D eigenvalue weighted by atomic mass is 31.2. The van der Waals surface area contributed by atoms with Gasteiger partial charge in [0.1, 0.15) is 43.2 Å². The Bertz CT molecular complexity index is 1300. The highest BCUT2D eigenvalue weighted by molar-refractivity contribution is 7.47. The summed E-state index contributed by atoms with van der Waals surface area (Å²) in [6, 6.07) is 0. The van der Waals surface area contributed by atoms with Gasteiger partial charge in [0.2, 0.25) is 0 Å². The van der Waals surface area contributed by atoms with Crippen LogP contribution in [0.5, 0.6) is 0 Å². The first kappa shape index (κ1) is 55.5. The van der Waals surface area contributed by atoms with Crippen LogP contribution >= 0.6 is 7.82 Å². The van der Waals surface area contributed by atoms with Crippen molar-refractivity contribution in [2.45, 2.75) is 198 Å². The van der Waals surface area contributed by atoms with Crippen molar-refractivity contribution in [1.82, 2.24) is 0 Å². The number of phosphoric acid groups is 1. The molecule has 60 heavy (non-hydrogen) atoms. The molecule has 15 heteroatoms. The summed E-state index contributed by atoms with van der Waals surface area (Å²) < 4.78 is 33.3. The SMILES string of the molecule is CCC/C=C\C/C=C\CCCCCCCC(=O)O[C@H](COC(=O)CCCC(O)/C=C/C=C/C/C=C/CCCCCCCC)COP(=O)(O)OC1[C@H](O)[C@H](O)C(O)[C@H](O)[C@H]1O. The van der Waals surface area contributed by atoms with Crippen LogP contribution in [0.25, 0.3) is 0 Å². The minimum atomic E-state index is -5.17. The van der Waals surface area contributed by atoms with Crippen LogP contribution < -0.4 is 0 Å². The smallest absolute Gasteiger partial charge is 0.462 e. The minimum Gasteiger partial charge on any atom is -0.462 e. The molecule has 0 heterocycles. The number of aliphatic hydroxyl groups is 6. The number of aliphatic hydroxyl groups excluding tert-OH is 6. The predicted molar refractivity (Wildman–Crippen MR) is 232 cm³/mol. The molecule has 0 spiro atoms. The van der Waals surface area contributed by atoms with E-state index >= 15 is 0 Å². The molecule has 0 amide bonds. The largest absolute Gasteiger partial charge is 0.472 e. The van der Waals surface area contributed by atoms with Gasteiger partial charge in [0.15, 0.2) is 6.10 Å². The van der Waals surface area contributed by atoms with E-state index in [1.54, 1.807) is 12.2 Å². The van der Waals surface area contributed by atoms with Crippen LogP contribution in [0, 0.1) is 0 Å². The molecular weight excluding hydrogens is 795 g/mol. The summed E-state index contributed by atoms with van der Waals surface area (Å²) in [5.74, 6) is -1.32. The number of hydrogen-bond donors (Lipinski definition) is 7. The first-order valence-electron chi connectivity index (χ1n) is 22.2. The van der Waals surface area contributed by atoms with E-state index in [0.29, 0.717) is 12.8 Å². The Morgan fingerprint density at radius 3 is 1.75 bits per heavy atom. The van der Waals surface area contributed by atoms with Crippen molar-refractivity contribution < 1.29 is 68.2 Å². The van der Waals surface area contributed by atoms with Crippen molar-refractivity contribution in [2.24, 2.45) is 0 Å².